The molecule has 0 fully saturated rings. The van der Waals surface area contributed by atoms with Crippen molar-refractivity contribution in [1.82, 2.24) is 0 Å². The summed E-state index contributed by atoms with van der Waals surface area (Å²) < 4.78 is 34.3. The van der Waals surface area contributed by atoms with E-state index in [1.165, 1.54) is 128 Å². The van der Waals surface area contributed by atoms with Gasteiger partial charge in [-0.2, -0.15) is 0 Å². The summed E-state index contributed by atoms with van der Waals surface area (Å²) in [6, 6.07) is 0. The smallest absolute Gasteiger partial charge is 0.462 e. The number of rotatable bonds is 40. The Labute approximate surface area is 332 Å². The Morgan fingerprint density at radius 2 is 0.944 bits per heavy atom. The van der Waals surface area contributed by atoms with Crippen LogP contribution in [0, 0.1) is 0 Å². The summed E-state index contributed by atoms with van der Waals surface area (Å²) in [4.78, 5) is 35.3. The van der Waals surface area contributed by atoms with E-state index in [9.17, 15) is 19.0 Å². The summed E-state index contributed by atoms with van der Waals surface area (Å²) in [6.45, 7) is 4.34. The lowest BCUT2D eigenvalue weighted by Gasteiger charge is -2.24. The average molecular weight is 787 g/mol. The number of unbranched alkanes of at least 4 members (excludes halogenated alkanes) is 22. The number of esters is 2. The van der Waals surface area contributed by atoms with Crippen molar-refractivity contribution in [2.45, 2.75) is 200 Å². The summed E-state index contributed by atoms with van der Waals surface area (Å²) in [6.07, 6.45) is 39.3. The zero-order chi connectivity index (χ0) is 40.0. The van der Waals surface area contributed by atoms with Crippen LogP contribution in [0.5, 0.6) is 0 Å². The molecule has 2 unspecified atom stereocenters. The van der Waals surface area contributed by atoms with E-state index in [0.29, 0.717) is 17.4 Å². The van der Waals surface area contributed by atoms with Crippen LogP contribution < -0.4 is 0 Å². The number of likely N-dealkylation sites (N-methyl/N-ethyl adjacent to an activating group) is 1. The van der Waals surface area contributed by atoms with Gasteiger partial charge in [0.15, 0.2) is 6.10 Å². The van der Waals surface area contributed by atoms with Crippen molar-refractivity contribution >= 4 is 19.8 Å². The highest BCUT2D eigenvalue weighted by molar-refractivity contribution is 7.47. The van der Waals surface area contributed by atoms with Crippen molar-refractivity contribution < 1.29 is 42.1 Å². The maximum atomic E-state index is 12.7. The van der Waals surface area contributed by atoms with Crippen LogP contribution in [0.15, 0.2) is 24.3 Å². The molecule has 0 radical (unpaired) electrons. The summed E-state index contributed by atoms with van der Waals surface area (Å²) >= 11 is 0. The minimum atomic E-state index is -4.37. The van der Waals surface area contributed by atoms with E-state index in [-0.39, 0.29) is 32.0 Å². The first-order valence-corrected chi connectivity index (χ1v) is 23.6. The maximum absolute atomic E-state index is 12.7. The third kappa shape index (κ3) is 40.2. The van der Waals surface area contributed by atoms with Crippen LogP contribution in [0.25, 0.3) is 0 Å². The van der Waals surface area contributed by atoms with Crippen LogP contribution in [0.2, 0.25) is 0 Å². The molecule has 0 aliphatic rings. The summed E-state index contributed by atoms with van der Waals surface area (Å²) in [7, 11) is 1.48. The minimum absolute atomic E-state index is 0.0327. The van der Waals surface area contributed by atoms with Crippen LogP contribution in [-0.2, 0) is 32.7 Å². The topological polar surface area (TPSA) is 108 Å². The highest BCUT2D eigenvalue weighted by atomic mass is 31.2. The number of quaternary nitrogens is 1. The number of ether oxygens (including phenoxy) is 2. The van der Waals surface area contributed by atoms with Crippen molar-refractivity contribution in [3.8, 4) is 0 Å². The van der Waals surface area contributed by atoms with Gasteiger partial charge in [0.05, 0.1) is 27.7 Å². The monoisotopic (exact) mass is 787 g/mol. The lowest BCUT2D eigenvalue weighted by Crippen LogP contribution is -2.37. The SMILES string of the molecule is CCC/C=C/CCCCCCCCCCCCC(=O)OCC(COP(=O)(O)OCC[N+](C)(C)C)OC(=O)CCCCCCCCCCCC/C=C/CCC. The molecule has 0 aliphatic heterocycles. The molecule has 10 heteroatoms. The Hall–Kier alpha value is -1.51. The molecule has 0 aromatic heterocycles. The number of nitrogens with zero attached hydrogens (tertiary/aromatic N) is 1. The van der Waals surface area contributed by atoms with Crippen molar-refractivity contribution in [3.05, 3.63) is 24.3 Å². The van der Waals surface area contributed by atoms with Gasteiger partial charge in [0.2, 0.25) is 0 Å². The molecule has 1 N–H and O–H groups in total. The van der Waals surface area contributed by atoms with E-state index >= 15 is 0 Å². The van der Waals surface area contributed by atoms with E-state index in [0.717, 1.165) is 32.1 Å². The first-order chi connectivity index (χ1) is 26.0. The fourth-order valence-corrected chi connectivity index (χ4v) is 6.70. The Bertz CT molecular complexity index is 980. The Morgan fingerprint density at radius 1 is 0.556 bits per heavy atom. The second-order valence-corrected chi connectivity index (χ2v) is 17.5. The average Bonchev–Trinajstić information content (AvgIpc) is 3.12. The normalized spacial score (nSPS) is 13.8. The number of phosphoric acid groups is 1. The highest BCUT2D eigenvalue weighted by Gasteiger charge is 2.27. The molecule has 0 aliphatic carbocycles. The van der Waals surface area contributed by atoms with Gasteiger partial charge in [-0.1, -0.05) is 154 Å². The molecule has 0 aromatic rings. The van der Waals surface area contributed by atoms with Gasteiger partial charge >= 0.3 is 19.8 Å². The van der Waals surface area contributed by atoms with Gasteiger partial charge in [-0.15, -0.1) is 0 Å². The fourth-order valence-electron chi connectivity index (χ4n) is 5.96. The molecule has 0 rings (SSSR count). The molecule has 0 saturated heterocycles. The molecule has 54 heavy (non-hydrogen) atoms. The van der Waals surface area contributed by atoms with Gasteiger partial charge in [0.25, 0.3) is 0 Å². The van der Waals surface area contributed by atoms with Crippen LogP contribution in [0.4, 0.5) is 0 Å². The lowest BCUT2D eigenvalue weighted by molar-refractivity contribution is -0.870. The van der Waals surface area contributed by atoms with Crippen molar-refractivity contribution in [2.24, 2.45) is 0 Å². The third-order valence-corrected chi connectivity index (χ3v) is 10.4. The van der Waals surface area contributed by atoms with E-state index in [4.69, 9.17) is 18.5 Å². The third-order valence-electron chi connectivity index (χ3n) is 9.42. The van der Waals surface area contributed by atoms with Gasteiger partial charge in [0.1, 0.15) is 19.8 Å². The number of allylic oxidation sites excluding steroid dienone is 4. The standard InChI is InChI=1S/C44H84NO8P/c1-6-8-10-12-14-16-18-20-22-24-26-28-30-32-34-36-43(46)50-40-42(41-52-54(48,49)51-39-38-45(3,4)5)53-44(47)37-35-33-31-29-27-25-23-21-19-17-15-13-11-9-7-2/h10-13,42H,6-9,14-41H2,1-5H3/p+1/b12-10+,13-11+. The molecule has 0 amide bonds. The van der Waals surface area contributed by atoms with Crippen molar-refractivity contribution in [2.75, 3.05) is 47.5 Å². The molecule has 0 aromatic carbocycles. The molecule has 318 valence electrons. The van der Waals surface area contributed by atoms with E-state index < -0.39 is 26.5 Å². The molecule has 9 nitrogen and oxygen atoms in total. The molecule has 0 bridgehead atoms. The fraction of sp³-hybridized carbons (Fsp3) is 0.864. The molecular weight excluding hydrogens is 701 g/mol. The van der Waals surface area contributed by atoms with Gasteiger partial charge in [-0.05, 0) is 51.4 Å². The van der Waals surface area contributed by atoms with Gasteiger partial charge in [-0.25, -0.2) is 4.57 Å². The molecule has 0 saturated carbocycles. The predicted molar refractivity (Wildman–Crippen MR) is 224 cm³/mol. The Morgan fingerprint density at radius 3 is 1.37 bits per heavy atom. The maximum Gasteiger partial charge on any atom is 0.472 e. The number of phosphoric ester groups is 1. The van der Waals surface area contributed by atoms with E-state index in [1.807, 2.05) is 21.1 Å². The highest BCUT2D eigenvalue weighted by Crippen LogP contribution is 2.43. The van der Waals surface area contributed by atoms with Crippen LogP contribution in [0.1, 0.15) is 194 Å². The van der Waals surface area contributed by atoms with E-state index in [1.54, 1.807) is 0 Å². The second kappa shape index (κ2) is 37.1. The summed E-state index contributed by atoms with van der Waals surface area (Å²) in [5.74, 6) is -0.797. The van der Waals surface area contributed by atoms with Crippen molar-refractivity contribution in [3.63, 3.8) is 0 Å². The lowest BCUT2D eigenvalue weighted by atomic mass is 10.0. The van der Waals surface area contributed by atoms with Gasteiger partial charge in [-0.3, -0.25) is 18.6 Å². The molecule has 2 atom stereocenters. The van der Waals surface area contributed by atoms with E-state index in [2.05, 4.69) is 38.2 Å². The first-order valence-electron chi connectivity index (χ1n) is 22.1. The molecule has 0 spiro atoms. The molecule has 0 heterocycles. The van der Waals surface area contributed by atoms with Crippen molar-refractivity contribution in [1.29, 1.82) is 0 Å². The second-order valence-electron chi connectivity index (χ2n) is 16.1. The number of carbonyl (C=O) groups excluding carboxylic acids is 2. The number of hydrogen-bond acceptors (Lipinski definition) is 7. The Balaban J connectivity index is 4.33. The zero-order valence-corrected chi connectivity index (χ0v) is 36.6. The summed E-state index contributed by atoms with van der Waals surface area (Å²) in [5.41, 5.74) is 0. The van der Waals surface area contributed by atoms with Gasteiger partial charge < -0.3 is 18.9 Å². The zero-order valence-electron chi connectivity index (χ0n) is 35.7. The van der Waals surface area contributed by atoms with Crippen LogP contribution in [0.3, 0.4) is 0 Å². The number of hydrogen-bond donors (Lipinski definition) is 1. The van der Waals surface area contributed by atoms with Crippen LogP contribution in [-0.4, -0.2) is 74.9 Å². The predicted octanol–water partition coefficient (Wildman–Crippen LogP) is 12.4. The largest absolute Gasteiger partial charge is 0.472 e. The minimum Gasteiger partial charge on any atom is -0.462 e. The molecular formula is C44H85NO8P+. The van der Waals surface area contributed by atoms with Crippen LogP contribution >= 0.6 is 7.82 Å². The quantitative estimate of drug-likeness (QED) is 0.0215. The first kappa shape index (κ1) is 52.5. The number of carbonyl (C=O) groups is 2. The van der Waals surface area contributed by atoms with Gasteiger partial charge in [0, 0.05) is 12.8 Å². The summed E-state index contributed by atoms with van der Waals surface area (Å²) in [5, 5.41) is 0. The Kier molecular flexibility index (Phi) is 36.1.